The Balaban J connectivity index is 1.72. The third-order valence-corrected chi connectivity index (χ3v) is 4.03. The lowest BCUT2D eigenvalue weighted by atomic mass is 9.87. The van der Waals surface area contributed by atoms with Gasteiger partial charge >= 0.3 is 0 Å². The van der Waals surface area contributed by atoms with Crippen LogP contribution in [0.2, 0.25) is 0 Å². The predicted molar refractivity (Wildman–Crippen MR) is 94.9 cm³/mol. The predicted octanol–water partition coefficient (Wildman–Crippen LogP) is 4.43. The molecule has 25 heavy (non-hydrogen) atoms. The lowest BCUT2D eigenvalue weighted by Gasteiger charge is -2.19. The monoisotopic (exact) mass is 339 g/mol. The van der Waals surface area contributed by atoms with Gasteiger partial charge in [-0.15, -0.1) is 0 Å². The molecule has 0 saturated heterocycles. The van der Waals surface area contributed by atoms with Gasteiger partial charge in [-0.3, -0.25) is 10.0 Å². The van der Waals surface area contributed by atoms with E-state index in [0.717, 1.165) is 11.1 Å². The second kappa shape index (κ2) is 6.61. The lowest BCUT2D eigenvalue weighted by Crippen LogP contribution is -2.18. The van der Waals surface area contributed by atoms with Crippen LogP contribution in [0.5, 0.6) is 5.75 Å². The maximum Gasteiger partial charge on any atom is 0.274 e. The summed E-state index contributed by atoms with van der Waals surface area (Å²) >= 11 is 0. The molecule has 130 valence electrons. The van der Waals surface area contributed by atoms with Crippen molar-refractivity contribution in [2.24, 2.45) is 0 Å². The lowest BCUT2D eigenvalue weighted by molar-refractivity contribution is 0.0706. The highest BCUT2D eigenvalue weighted by Crippen LogP contribution is 2.26. The number of furan rings is 1. The first-order valence-corrected chi connectivity index (χ1v) is 8.07. The molecule has 5 nitrogen and oxygen atoms in total. The van der Waals surface area contributed by atoms with Gasteiger partial charge in [0.1, 0.15) is 23.7 Å². The minimum Gasteiger partial charge on any atom is -0.486 e. The molecule has 0 atom stereocenters. The van der Waals surface area contributed by atoms with Gasteiger partial charge in [0.15, 0.2) is 0 Å². The quantitative estimate of drug-likeness (QED) is 0.545. The molecule has 3 aromatic rings. The van der Waals surface area contributed by atoms with Gasteiger partial charge in [-0.25, -0.2) is 5.48 Å². The molecule has 0 saturated carbocycles. The second-order valence-corrected chi connectivity index (χ2v) is 6.97. The maximum atomic E-state index is 11.5. The van der Waals surface area contributed by atoms with Crippen LogP contribution >= 0.6 is 0 Å². The molecule has 0 aliphatic rings. The summed E-state index contributed by atoms with van der Waals surface area (Å²) in [4.78, 5) is 11.5. The largest absolute Gasteiger partial charge is 0.486 e. The van der Waals surface area contributed by atoms with E-state index < -0.39 is 5.91 Å². The van der Waals surface area contributed by atoms with E-state index in [4.69, 9.17) is 14.4 Å². The molecule has 0 fully saturated rings. The summed E-state index contributed by atoms with van der Waals surface area (Å²) in [5.41, 5.74) is 4.00. The molecular weight excluding hydrogens is 318 g/mol. The summed E-state index contributed by atoms with van der Waals surface area (Å²) in [7, 11) is 0. The van der Waals surface area contributed by atoms with Gasteiger partial charge < -0.3 is 9.15 Å². The summed E-state index contributed by atoms with van der Waals surface area (Å²) in [5, 5.41) is 9.48. The molecule has 0 unspecified atom stereocenters. The summed E-state index contributed by atoms with van der Waals surface area (Å²) in [5.74, 6) is 0.880. The van der Waals surface area contributed by atoms with Crippen LogP contribution in [0.4, 0.5) is 0 Å². The number of benzene rings is 2. The van der Waals surface area contributed by atoms with Gasteiger partial charge in [-0.05, 0) is 47.4 Å². The van der Waals surface area contributed by atoms with Crippen molar-refractivity contribution in [2.45, 2.75) is 32.8 Å². The van der Waals surface area contributed by atoms with E-state index >= 15 is 0 Å². The Hall–Kier alpha value is -2.79. The number of hydroxylamine groups is 1. The molecule has 1 amide bonds. The average Bonchev–Trinajstić information content (AvgIpc) is 3.00. The highest BCUT2D eigenvalue weighted by molar-refractivity contribution is 5.97. The van der Waals surface area contributed by atoms with Crippen molar-refractivity contribution in [2.75, 3.05) is 0 Å². The minimum atomic E-state index is -0.556. The van der Waals surface area contributed by atoms with E-state index in [0.29, 0.717) is 23.5 Å². The second-order valence-electron chi connectivity index (χ2n) is 6.97. The third kappa shape index (κ3) is 3.83. The van der Waals surface area contributed by atoms with Gasteiger partial charge in [0, 0.05) is 10.9 Å². The van der Waals surface area contributed by atoms with Crippen molar-refractivity contribution in [3.05, 3.63) is 65.4 Å². The third-order valence-electron chi connectivity index (χ3n) is 4.03. The highest BCUT2D eigenvalue weighted by atomic mass is 16.5. The standard InChI is InChI=1S/C20H21NO4/c1-20(2,3)15-5-7-16(8-6-15)24-12-17-11-14-10-13(19(22)21-23)4-9-18(14)25-17/h4-11,23H,12H2,1-3H3,(H,21,22). The van der Waals surface area contributed by atoms with Gasteiger partial charge in [-0.2, -0.15) is 0 Å². The first-order valence-electron chi connectivity index (χ1n) is 8.07. The Morgan fingerprint density at radius 2 is 1.84 bits per heavy atom. The Morgan fingerprint density at radius 1 is 1.12 bits per heavy atom. The number of carbonyl (C=O) groups excluding carboxylic acids is 1. The molecule has 0 bridgehead atoms. The van der Waals surface area contributed by atoms with Crippen LogP contribution < -0.4 is 10.2 Å². The molecule has 0 spiro atoms. The zero-order valence-electron chi connectivity index (χ0n) is 14.5. The normalized spacial score (nSPS) is 11.5. The minimum absolute atomic E-state index is 0.107. The number of fused-ring (bicyclic) bond motifs is 1. The average molecular weight is 339 g/mol. The first kappa shape index (κ1) is 17.0. The molecule has 1 aromatic heterocycles. The van der Waals surface area contributed by atoms with Gasteiger partial charge in [0.25, 0.3) is 5.91 Å². The fourth-order valence-corrected chi connectivity index (χ4v) is 2.58. The number of hydrogen-bond donors (Lipinski definition) is 2. The molecule has 3 rings (SSSR count). The molecule has 0 aliphatic heterocycles. The molecule has 0 aliphatic carbocycles. The summed E-state index contributed by atoms with van der Waals surface area (Å²) < 4.78 is 11.5. The molecule has 1 heterocycles. The molecule has 2 N–H and O–H groups in total. The van der Waals surface area contributed by atoms with Crippen molar-refractivity contribution in [1.82, 2.24) is 5.48 Å². The van der Waals surface area contributed by atoms with Crippen LogP contribution in [0.15, 0.2) is 52.9 Å². The number of nitrogens with one attached hydrogen (secondary N) is 1. The van der Waals surface area contributed by atoms with Crippen LogP contribution in [0.1, 0.15) is 42.5 Å². The van der Waals surface area contributed by atoms with Crippen LogP contribution in [0.25, 0.3) is 11.0 Å². The van der Waals surface area contributed by atoms with Crippen LogP contribution in [0.3, 0.4) is 0 Å². The Kier molecular flexibility index (Phi) is 4.51. The maximum absolute atomic E-state index is 11.5. The van der Waals surface area contributed by atoms with Crippen molar-refractivity contribution >= 4 is 16.9 Å². The molecule has 2 aromatic carbocycles. The summed E-state index contributed by atoms with van der Waals surface area (Å²) in [6.07, 6.45) is 0. The fourth-order valence-electron chi connectivity index (χ4n) is 2.58. The van der Waals surface area contributed by atoms with E-state index in [-0.39, 0.29) is 5.41 Å². The number of carbonyl (C=O) groups is 1. The van der Waals surface area contributed by atoms with Crippen LogP contribution in [-0.4, -0.2) is 11.1 Å². The molecule has 5 heteroatoms. The number of hydrogen-bond acceptors (Lipinski definition) is 4. The van der Waals surface area contributed by atoms with E-state index in [1.54, 1.807) is 23.7 Å². The highest BCUT2D eigenvalue weighted by Gasteiger charge is 2.13. The van der Waals surface area contributed by atoms with Crippen molar-refractivity contribution in [3.8, 4) is 5.75 Å². The topological polar surface area (TPSA) is 71.7 Å². The zero-order chi connectivity index (χ0) is 18.0. The van der Waals surface area contributed by atoms with E-state index in [1.165, 1.54) is 5.56 Å². The van der Waals surface area contributed by atoms with Crippen molar-refractivity contribution in [1.29, 1.82) is 0 Å². The van der Waals surface area contributed by atoms with Gasteiger partial charge in [-0.1, -0.05) is 32.9 Å². The van der Waals surface area contributed by atoms with Crippen LogP contribution in [-0.2, 0) is 12.0 Å². The number of ether oxygens (including phenoxy) is 1. The molecule has 0 radical (unpaired) electrons. The van der Waals surface area contributed by atoms with E-state index in [2.05, 4.69) is 32.9 Å². The fraction of sp³-hybridized carbons (Fsp3) is 0.250. The SMILES string of the molecule is CC(C)(C)c1ccc(OCc2cc3cc(C(=O)NO)ccc3o2)cc1. The van der Waals surface area contributed by atoms with Gasteiger partial charge in [0.05, 0.1) is 0 Å². The molecular formula is C20H21NO4. The van der Waals surface area contributed by atoms with Gasteiger partial charge in [0.2, 0.25) is 0 Å². The summed E-state index contributed by atoms with van der Waals surface area (Å²) in [6, 6.07) is 14.8. The Bertz CT molecular complexity index is 888. The van der Waals surface area contributed by atoms with Crippen LogP contribution in [0, 0.1) is 0 Å². The Morgan fingerprint density at radius 3 is 2.48 bits per heavy atom. The smallest absolute Gasteiger partial charge is 0.274 e. The van der Waals surface area contributed by atoms with Crippen molar-refractivity contribution in [3.63, 3.8) is 0 Å². The zero-order valence-corrected chi connectivity index (χ0v) is 14.5. The first-order chi connectivity index (χ1) is 11.9. The Labute approximate surface area is 146 Å². The summed E-state index contributed by atoms with van der Waals surface area (Å²) in [6.45, 7) is 6.80. The van der Waals surface area contributed by atoms with E-state index in [9.17, 15) is 4.79 Å². The van der Waals surface area contributed by atoms with E-state index in [1.807, 2.05) is 18.2 Å². The van der Waals surface area contributed by atoms with Crippen molar-refractivity contribution < 1.29 is 19.2 Å². The number of rotatable bonds is 4. The number of amides is 1.